The summed E-state index contributed by atoms with van der Waals surface area (Å²) < 4.78 is 47.0. The van der Waals surface area contributed by atoms with Crippen LogP contribution in [-0.2, 0) is 69.2 Å². The summed E-state index contributed by atoms with van der Waals surface area (Å²) in [5.41, 5.74) is 3.95. The van der Waals surface area contributed by atoms with Gasteiger partial charge in [0.1, 0.15) is 24.4 Å². The average Bonchev–Trinajstić information content (AvgIpc) is 0.852. The highest BCUT2D eigenvalue weighted by molar-refractivity contribution is 5.83. The number of ether oxygens (including phenoxy) is 7. The first-order chi connectivity index (χ1) is 44.8. The Labute approximate surface area is 552 Å². The molecule has 5 rings (SSSR count). The molecule has 1 aliphatic heterocycles. The number of carbonyl (C=O) groups excluding carboxylic acids is 2. The van der Waals surface area contributed by atoms with Gasteiger partial charge in [-0.05, 0) is 41.5 Å². The molecule has 11 heteroatoms. The van der Waals surface area contributed by atoms with Crippen LogP contribution in [0.2, 0.25) is 0 Å². The van der Waals surface area contributed by atoms with Crippen molar-refractivity contribution in [1.29, 1.82) is 0 Å². The van der Waals surface area contributed by atoms with Crippen molar-refractivity contribution in [3.8, 4) is 0 Å². The molecule has 4 aromatic carbocycles. The molecule has 1 amide bonds. The molecule has 2 N–H and O–H groups in total. The van der Waals surface area contributed by atoms with Gasteiger partial charge in [0.25, 0.3) is 5.91 Å². The molecule has 0 aromatic heterocycles. The van der Waals surface area contributed by atoms with E-state index in [1.165, 1.54) is 187 Å². The zero-order valence-electron chi connectivity index (χ0n) is 57.2. The van der Waals surface area contributed by atoms with E-state index in [1.54, 1.807) is 0 Å². The highest BCUT2D eigenvalue weighted by Gasteiger charge is 2.49. The van der Waals surface area contributed by atoms with Crippen LogP contribution in [0.5, 0.6) is 0 Å². The molecule has 0 bridgehead atoms. The van der Waals surface area contributed by atoms with Crippen molar-refractivity contribution in [3.05, 3.63) is 144 Å². The van der Waals surface area contributed by atoms with E-state index in [9.17, 15) is 14.7 Å². The summed E-state index contributed by atoms with van der Waals surface area (Å²) >= 11 is 0. The van der Waals surface area contributed by atoms with Crippen LogP contribution in [0.25, 0.3) is 0 Å². The number of unbranched alkanes of at least 4 members (excludes halogenated alkanes) is 33. The highest BCUT2D eigenvalue weighted by Crippen LogP contribution is 2.33. The number of esters is 1. The molecule has 1 fully saturated rings. The zero-order valence-corrected chi connectivity index (χ0v) is 57.2. The Kier molecular flexibility index (Phi) is 44.1. The lowest BCUT2D eigenvalue weighted by atomic mass is 9.97. The molecule has 0 aliphatic carbocycles. The first-order valence-corrected chi connectivity index (χ1v) is 36.9. The molecule has 11 nitrogen and oxygen atoms in total. The van der Waals surface area contributed by atoms with Crippen LogP contribution in [0.15, 0.2) is 121 Å². The highest BCUT2D eigenvalue weighted by atomic mass is 16.7. The second kappa shape index (κ2) is 51.9. The number of nitrogens with one attached hydrogen (secondary N) is 1. The molecule has 0 spiro atoms. The van der Waals surface area contributed by atoms with Crippen LogP contribution in [0, 0.1) is 0 Å². The lowest BCUT2D eigenvalue weighted by Crippen LogP contribution is -2.62. The fraction of sp³-hybridized carbons (Fsp3) is 0.675. The summed E-state index contributed by atoms with van der Waals surface area (Å²) in [6, 6.07) is 39.2. The van der Waals surface area contributed by atoms with E-state index in [2.05, 4.69) is 19.2 Å². The van der Waals surface area contributed by atoms with Crippen molar-refractivity contribution in [1.82, 2.24) is 5.32 Å². The van der Waals surface area contributed by atoms with Gasteiger partial charge >= 0.3 is 5.97 Å². The van der Waals surface area contributed by atoms with Crippen LogP contribution in [0.3, 0.4) is 0 Å². The minimum Gasteiger partial charge on any atom is -0.452 e. The third-order valence-corrected chi connectivity index (χ3v) is 18.1. The second-order valence-corrected chi connectivity index (χ2v) is 26.2. The molecular weight excluding hydrogens is 1130 g/mol. The van der Waals surface area contributed by atoms with E-state index in [1.807, 2.05) is 121 Å². The Morgan fingerprint density at radius 2 is 0.747 bits per heavy atom. The summed E-state index contributed by atoms with van der Waals surface area (Å²) in [5.74, 6) is -0.955. The van der Waals surface area contributed by atoms with E-state index in [0.717, 1.165) is 67.2 Å². The van der Waals surface area contributed by atoms with Gasteiger partial charge in [-0.1, -0.05) is 353 Å². The maximum absolute atomic E-state index is 14.5. The quantitative estimate of drug-likeness (QED) is 0.0325. The van der Waals surface area contributed by atoms with Crippen molar-refractivity contribution in [3.63, 3.8) is 0 Å². The molecule has 0 radical (unpaired) electrons. The van der Waals surface area contributed by atoms with Gasteiger partial charge in [-0.2, -0.15) is 0 Å². The van der Waals surface area contributed by atoms with Gasteiger partial charge in [0.05, 0.1) is 51.8 Å². The van der Waals surface area contributed by atoms with E-state index in [0.29, 0.717) is 19.4 Å². The fourth-order valence-electron chi connectivity index (χ4n) is 12.6. The van der Waals surface area contributed by atoms with Crippen molar-refractivity contribution >= 4 is 11.9 Å². The predicted octanol–water partition coefficient (Wildman–Crippen LogP) is 20.0. The van der Waals surface area contributed by atoms with Crippen LogP contribution >= 0.6 is 0 Å². The van der Waals surface area contributed by atoms with E-state index in [-0.39, 0.29) is 33.0 Å². The van der Waals surface area contributed by atoms with Gasteiger partial charge < -0.3 is 43.6 Å². The van der Waals surface area contributed by atoms with E-state index < -0.39 is 60.8 Å². The summed E-state index contributed by atoms with van der Waals surface area (Å²) in [7, 11) is 0. The SMILES string of the molecule is CCCCCCCCCCCCCCCCCCCCCCCC[C@@H](OC(C)=O)C(=O)N[C@@H](CO[C@H]1O[C@H](COCc2ccccc2)[C@H](OCc2ccccc2)[C@H](OCc2ccccc2)[C@H]1OCc1ccccc1)[C@H](O)CCCCCCCCCCCCCCC. The number of rotatable bonds is 57. The Morgan fingerprint density at radius 1 is 0.418 bits per heavy atom. The van der Waals surface area contributed by atoms with Crippen LogP contribution in [0.4, 0.5) is 0 Å². The number of benzene rings is 4. The first kappa shape index (κ1) is 77.2. The van der Waals surface area contributed by atoms with Gasteiger partial charge in [0, 0.05) is 6.92 Å². The maximum atomic E-state index is 14.5. The monoisotopic (exact) mass is 1260 g/mol. The molecule has 1 saturated heterocycles. The van der Waals surface area contributed by atoms with Gasteiger partial charge in [-0.15, -0.1) is 0 Å². The molecule has 4 aromatic rings. The Balaban J connectivity index is 1.23. The van der Waals surface area contributed by atoms with E-state index in [4.69, 9.17) is 33.2 Å². The molecule has 0 unspecified atom stereocenters. The lowest BCUT2D eigenvalue weighted by molar-refractivity contribution is -0.329. The molecule has 1 heterocycles. The molecule has 1 aliphatic rings. The van der Waals surface area contributed by atoms with Crippen LogP contribution in [-0.4, -0.2) is 79.2 Å². The third kappa shape index (κ3) is 36.1. The van der Waals surface area contributed by atoms with Crippen molar-refractivity contribution in [2.24, 2.45) is 0 Å². The van der Waals surface area contributed by atoms with Crippen LogP contribution < -0.4 is 5.32 Å². The Bertz CT molecular complexity index is 2310. The third-order valence-electron chi connectivity index (χ3n) is 18.1. The Morgan fingerprint density at radius 3 is 1.12 bits per heavy atom. The van der Waals surface area contributed by atoms with Gasteiger partial charge in [0.15, 0.2) is 12.4 Å². The van der Waals surface area contributed by atoms with Crippen LogP contribution in [0.1, 0.15) is 281 Å². The topological polar surface area (TPSA) is 131 Å². The number of amides is 1. The molecule has 0 saturated carbocycles. The number of aliphatic hydroxyl groups is 1. The molecule has 8 atom stereocenters. The fourth-order valence-corrected chi connectivity index (χ4v) is 12.6. The summed E-state index contributed by atoms with van der Waals surface area (Å²) in [4.78, 5) is 27.2. The molecule has 510 valence electrons. The zero-order chi connectivity index (χ0) is 64.3. The number of aliphatic hydroxyl groups excluding tert-OH is 1. The molecular formula is C80H125NO10. The number of hydrogen-bond donors (Lipinski definition) is 2. The number of carbonyl (C=O) groups is 2. The average molecular weight is 1260 g/mol. The predicted molar refractivity (Wildman–Crippen MR) is 371 cm³/mol. The number of hydrogen-bond acceptors (Lipinski definition) is 10. The van der Waals surface area contributed by atoms with Crippen molar-refractivity contribution < 1.29 is 47.9 Å². The standard InChI is InChI=1S/C80H125NO10/c1-4-6-8-10-12-14-16-18-19-20-21-22-23-24-25-26-28-30-32-34-36-50-60-74(90-67(3)82)79(84)81-72(73(83)59-49-35-33-31-29-27-17-15-13-11-9-7-5-2)65-89-80-78(88-64-71-57-47-40-48-58-71)77(87-63-70-55-45-39-46-56-70)76(86-62-69-53-43-38-44-54-69)75(91-80)66-85-61-68-51-41-37-42-52-68/h37-48,51-58,72-78,80,83H,4-36,49-50,59-66H2,1-3H3,(H,81,84)/t72-,73+,74+,75+,76-,77-,78+,80-/m0/s1. The minimum atomic E-state index is -1.05. The van der Waals surface area contributed by atoms with Gasteiger partial charge in [0.2, 0.25) is 0 Å². The summed E-state index contributed by atoms with van der Waals surface area (Å²) in [5, 5.41) is 15.4. The summed E-state index contributed by atoms with van der Waals surface area (Å²) in [6.07, 6.45) is 39.3. The molecule has 91 heavy (non-hydrogen) atoms. The summed E-state index contributed by atoms with van der Waals surface area (Å²) in [6.45, 7) is 7.07. The second-order valence-electron chi connectivity index (χ2n) is 26.2. The largest absolute Gasteiger partial charge is 0.452 e. The van der Waals surface area contributed by atoms with Gasteiger partial charge in [-0.25, -0.2) is 0 Å². The normalized spacial score (nSPS) is 17.6. The Hall–Kier alpha value is -4.46. The smallest absolute Gasteiger partial charge is 0.303 e. The van der Waals surface area contributed by atoms with Crippen molar-refractivity contribution in [2.45, 2.75) is 334 Å². The van der Waals surface area contributed by atoms with E-state index >= 15 is 0 Å². The minimum absolute atomic E-state index is 0.119. The first-order valence-electron chi connectivity index (χ1n) is 36.9. The van der Waals surface area contributed by atoms with Crippen molar-refractivity contribution in [2.75, 3.05) is 13.2 Å². The van der Waals surface area contributed by atoms with Gasteiger partial charge in [-0.3, -0.25) is 9.59 Å². The maximum Gasteiger partial charge on any atom is 0.303 e. The lowest BCUT2D eigenvalue weighted by Gasteiger charge is -2.46.